The fraction of sp³-hybridized carbons (Fsp3) is 0.0800. The van der Waals surface area contributed by atoms with Gasteiger partial charge >= 0.3 is 103 Å². The van der Waals surface area contributed by atoms with Crippen molar-refractivity contribution in [2.45, 2.75) is 0 Å². The van der Waals surface area contributed by atoms with Crippen LogP contribution >= 0.6 is 31.9 Å². The molecule has 18 heteroatoms. The zero-order chi connectivity index (χ0) is 30.9. The molecule has 43 heavy (non-hydrogen) atoms. The van der Waals surface area contributed by atoms with E-state index in [1.807, 2.05) is 0 Å². The Kier molecular flexibility index (Phi) is 25.3. The summed E-state index contributed by atoms with van der Waals surface area (Å²) in [6, 6.07) is 12.4. The minimum atomic E-state index is -0.787. The zero-order valence-electron chi connectivity index (χ0n) is 23.8. The molecule has 0 aliphatic heterocycles. The van der Waals surface area contributed by atoms with Gasteiger partial charge in [0, 0.05) is 30.3 Å². The molecule has 0 unspecified atom stereocenters. The molecule has 0 aliphatic rings. The number of carbonyl (C=O) groups is 1. The molecule has 0 bridgehead atoms. The number of carbonyl (C=O) groups excluding carboxylic acids is 1. The van der Waals surface area contributed by atoms with Crippen LogP contribution in [0.1, 0.15) is 1.43 Å². The number of phenols is 1. The molecular weight excluding hydrogens is 773 g/mol. The maximum absolute atomic E-state index is 13.4. The van der Waals surface area contributed by atoms with Crippen molar-refractivity contribution in [2.75, 3.05) is 14.2 Å². The van der Waals surface area contributed by atoms with Crippen molar-refractivity contribution in [3.8, 4) is 28.9 Å². The van der Waals surface area contributed by atoms with Crippen LogP contribution in [0.5, 0.6) is 28.9 Å². The largest absolute Gasteiger partial charge is 1.00 e. The number of pyridine rings is 2. The number of aromatic hydroxyl groups is 1. The molecule has 2 aromatic heterocycles. The minimum absolute atomic E-state index is 0. The Balaban J connectivity index is -0.000000558. The van der Waals surface area contributed by atoms with Crippen LogP contribution in [0.4, 0.5) is 22.0 Å². The summed E-state index contributed by atoms with van der Waals surface area (Å²) in [7, 11) is 2.82. The first-order valence-corrected chi connectivity index (χ1v) is 12.1. The van der Waals surface area contributed by atoms with Crippen LogP contribution in [0.15, 0.2) is 69.6 Å². The number of halogens is 7. The maximum Gasteiger partial charge on any atom is 1.00 e. The fourth-order valence-electron chi connectivity index (χ4n) is 2.37. The number of methoxy groups -OCH3 is 2. The second-order valence-electron chi connectivity index (χ2n) is 6.73. The average molecular weight is 792 g/mol. The van der Waals surface area contributed by atoms with E-state index in [4.69, 9.17) is 29.4 Å². The first kappa shape index (κ1) is 44.4. The third kappa shape index (κ3) is 17.5. The number of nitrogens with zero attached hydrogens (tertiary/aromatic N) is 2. The van der Waals surface area contributed by atoms with E-state index in [-0.39, 0.29) is 143 Å². The van der Waals surface area contributed by atoms with Crippen molar-refractivity contribution in [3.05, 3.63) is 99.1 Å². The maximum atomic E-state index is 13.4. The Bertz CT molecular complexity index is 1420. The predicted molar refractivity (Wildman–Crippen MR) is 140 cm³/mol. The summed E-state index contributed by atoms with van der Waals surface area (Å²) in [6.07, 6.45) is 0. The van der Waals surface area contributed by atoms with E-state index in [1.54, 1.807) is 0 Å². The SMILES string of the molecule is COc1cc(Br)c(F)cc1O.COc1cc(Br)c(F)cc1Oc1cccc(F)n1.Fc1cccc(F)n1.O=CO[O-].[H-].[K+].[K+]. The van der Waals surface area contributed by atoms with Crippen molar-refractivity contribution in [1.29, 1.82) is 0 Å². The molecule has 0 saturated carbocycles. The van der Waals surface area contributed by atoms with Gasteiger partial charge in [-0.3, -0.25) is 4.79 Å². The number of ether oxygens (including phenoxy) is 3. The molecule has 222 valence electrons. The Hall–Kier alpha value is -0.747. The molecule has 2 heterocycles. The molecule has 4 rings (SSSR count). The minimum Gasteiger partial charge on any atom is -1.00 e. The molecule has 9 nitrogen and oxygen atoms in total. The second kappa shape index (κ2) is 24.5. The number of benzene rings is 2. The zero-order valence-corrected chi connectivity index (χ0v) is 32.2. The van der Waals surface area contributed by atoms with Crippen LogP contribution in [0.2, 0.25) is 0 Å². The summed E-state index contributed by atoms with van der Waals surface area (Å²) in [5.74, 6) is -2.77. The van der Waals surface area contributed by atoms with Gasteiger partial charge in [-0.15, -0.1) is 0 Å². The molecule has 0 amide bonds. The van der Waals surface area contributed by atoms with Gasteiger partial charge in [0.05, 0.1) is 23.2 Å². The van der Waals surface area contributed by atoms with Crippen molar-refractivity contribution < 1.29 is 160 Å². The van der Waals surface area contributed by atoms with Crippen molar-refractivity contribution in [1.82, 2.24) is 9.97 Å². The van der Waals surface area contributed by atoms with Gasteiger partial charge in [-0.05, 0) is 50.1 Å². The Morgan fingerprint density at radius 1 is 0.767 bits per heavy atom. The van der Waals surface area contributed by atoms with E-state index >= 15 is 0 Å². The molecule has 1 N–H and O–H groups in total. The first-order valence-electron chi connectivity index (χ1n) is 10.5. The second-order valence-corrected chi connectivity index (χ2v) is 8.44. The van der Waals surface area contributed by atoms with Crippen LogP contribution in [0, 0.1) is 29.5 Å². The molecule has 0 fully saturated rings. The van der Waals surface area contributed by atoms with E-state index in [1.165, 1.54) is 50.6 Å². The number of aromatic nitrogens is 2. The van der Waals surface area contributed by atoms with E-state index in [2.05, 4.69) is 46.7 Å². The Morgan fingerprint density at radius 2 is 1.21 bits per heavy atom. The average Bonchev–Trinajstić information content (AvgIpc) is 2.93. The quantitative estimate of drug-likeness (QED) is 0.0752. The van der Waals surface area contributed by atoms with Crippen molar-refractivity contribution in [2.24, 2.45) is 0 Å². The van der Waals surface area contributed by atoms with Crippen LogP contribution in [-0.4, -0.2) is 35.8 Å². The number of hydrogen-bond acceptors (Lipinski definition) is 9. The number of rotatable bonds is 5. The smallest absolute Gasteiger partial charge is 1.00 e. The van der Waals surface area contributed by atoms with E-state index < -0.39 is 29.5 Å². The van der Waals surface area contributed by atoms with E-state index in [0.29, 0.717) is 5.75 Å². The predicted octanol–water partition coefficient (Wildman–Crippen LogP) is 0.141. The third-order valence-electron chi connectivity index (χ3n) is 4.05. The van der Waals surface area contributed by atoms with Crippen molar-refractivity contribution >= 4 is 38.3 Å². The molecular formula is C25H19Br2F5K2N2O7. The van der Waals surface area contributed by atoms with Crippen LogP contribution in [0.3, 0.4) is 0 Å². The fourth-order valence-corrected chi connectivity index (χ4v) is 3.02. The van der Waals surface area contributed by atoms with Gasteiger partial charge in [0.15, 0.2) is 23.0 Å². The topological polar surface area (TPSA) is 123 Å². The molecule has 4 aromatic rings. The molecule has 0 spiro atoms. The summed E-state index contributed by atoms with van der Waals surface area (Å²) in [6.45, 7) is -0.181. The Labute approximate surface area is 345 Å². The summed E-state index contributed by atoms with van der Waals surface area (Å²) in [5.41, 5.74) is 0. The number of phenolic OH excluding ortho intramolecular Hbond substituents is 1. The monoisotopic (exact) mass is 790 g/mol. The summed E-state index contributed by atoms with van der Waals surface area (Å²) >= 11 is 5.99. The molecule has 0 saturated heterocycles. The van der Waals surface area contributed by atoms with Crippen LogP contribution < -0.4 is 122 Å². The third-order valence-corrected chi connectivity index (χ3v) is 5.27. The summed E-state index contributed by atoms with van der Waals surface area (Å²) < 4.78 is 78.1. The Morgan fingerprint density at radius 3 is 1.63 bits per heavy atom. The van der Waals surface area contributed by atoms with Gasteiger partial charge in [0.1, 0.15) is 11.6 Å². The normalized spacial score (nSPS) is 8.98. The van der Waals surface area contributed by atoms with Crippen molar-refractivity contribution in [3.63, 3.8) is 0 Å². The standard InChI is InChI=1S/C12H8BrF2NO2.C7H6BrFO2.C5H3F2N.CH2O3.2K.H/c1-17-9-5-7(13)8(14)6-10(9)18-12-4-2-3-11(15)16-12;1-11-7-2-4(8)5(9)3-6(7)10;6-4-2-1-3-5(7)8-4;2-1-4-3;;;/h2-6H,1H3;2-3,10H,1H3;1-3H;1,3H;;;/q;;;;2*+1;-1/p-1. The van der Waals surface area contributed by atoms with Crippen LogP contribution in [-0.2, 0) is 9.68 Å². The van der Waals surface area contributed by atoms with E-state index in [0.717, 1.165) is 24.3 Å². The van der Waals surface area contributed by atoms with Gasteiger partial charge in [0.2, 0.25) is 23.7 Å². The van der Waals surface area contributed by atoms with Gasteiger partial charge in [-0.1, -0.05) is 12.1 Å². The van der Waals surface area contributed by atoms with Gasteiger partial charge < -0.3 is 30.9 Å². The first-order chi connectivity index (χ1) is 19.4. The van der Waals surface area contributed by atoms with Gasteiger partial charge in [0.25, 0.3) is 6.47 Å². The molecule has 0 radical (unpaired) electrons. The van der Waals surface area contributed by atoms with Gasteiger partial charge in [-0.2, -0.15) is 23.1 Å². The molecule has 0 aliphatic carbocycles. The molecule has 0 atom stereocenters. The van der Waals surface area contributed by atoms with Crippen LogP contribution in [0.25, 0.3) is 0 Å². The summed E-state index contributed by atoms with van der Waals surface area (Å²) in [4.78, 5) is 17.6. The van der Waals surface area contributed by atoms with Gasteiger partial charge in [-0.25, -0.2) is 8.78 Å². The molecule has 2 aromatic carbocycles. The summed E-state index contributed by atoms with van der Waals surface area (Å²) in [5, 5.41) is 17.5. The number of hydrogen-bond donors (Lipinski definition) is 1. The van der Waals surface area contributed by atoms with E-state index in [9.17, 15) is 22.0 Å².